The van der Waals surface area contributed by atoms with Crippen molar-refractivity contribution >= 4 is 16.7 Å². The van der Waals surface area contributed by atoms with Crippen LogP contribution in [-0.4, -0.2) is 24.5 Å². The van der Waals surface area contributed by atoms with Crippen LogP contribution < -0.4 is 11.3 Å². The van der Waals surface area contributed by atoms with E-state index in [1.54, 1.807) is 0 Å². The first-order chi connectivity index (χ1) is 12.0. The fourth-order valence-electron chi connectivity index (χ4n) is 3.98. The molecular formula is C18H22N6O. The first kappa shape index (κ1) is 14.7. The van der Waals surface area contributed by atoms with Crippen molar-refractivity contribution in [2.75, 3.05) is 5.73 Å². The minimum Gasteiger partial charge on any atom is -0.382 e. The number of aryl methyl sites for hydroxylation is 2. The Balaban J connectivity index is 1.79. The molecule has 2 aliphatic rings. The molecule has 0 unspecified atom stereocenters. The van der Waals surface area contributed by atoms with Gasteiger partial charge in [-0.2, -0.15) is 10.2 Å². The fourth-order valence-corrected chi connectivity index (χ4v) is 3.98. The van der Waals surface area contributed by atoms with E-state index in [9.17, 15) is 4.79 Å². The van der Waals surface area contributed by atoms with E-state index in [4.69, 9.17) is 5.73 Å². The van der Waals surface area contributed by atoms with Gasteiger partial charge in [0.2, 0.25) is 0 Å². The quantitative estimate of drug-likeness (QED) is 0.763. The summed E-state index contributed by atoms with van der Waals surface area (Å²) in [6.45, 7) is 2.02. The van der Waals surface area contributed by atoms with Crippen LogP contribution >= 0.6 is 0 Å². The van der Waals surface area contributed by atoms with Gasteiger partial charge in [-0.15, -0.1) is 0 Å². The molecule has 130 valence electrons. The zero-order valence-corrected chi connectivity index (χ0v) is 14.5. The van der Waals surface area contributed by atoms with Crippen molar-refractivity contribution in [1.29, 1.82) is 0 Å². The van der Waals surface area contributed by atoms with Gasteiger partial charge in [0.1, 0.15) is 5.39 Å². The lowest BCUT2D eigenvalue weighted by molar-refractivity contribution is 0.386. The molecule has 3 aromatic rings. The predicted molar refractivity (Wildman–Crippen MR) is 96.2 cm³/mol. The van der Waals surface area contributed by atoms with Gasteiger partial charge < -0.3 is 10.3 Å². The van der Waals surface area contributed by atoms with Crippen LogP contribution in [-0.2, 0) is 7.05 Å². The second-order valence-electron chi connectivity index (χ2n) is 7.57. The van der Waals surface area contributed by atoms with E-state index in [1.165, 1.54) is 25.7 Å². The van der Waals surface area contributed by atoms with E-state index in [0.717, 1.165) is 17.0 Å². The predicted octanol–water partition coefficient (Wildman–Crippen LogP) is 2.38. The molecule has 2 fully saturated rings. The molecule has 7 nitrogen and oxygen atoms in total. The molecule has 2 saturated carbocycles. The summed E-state index contributed by atoms with van der Waals surface area (Å²) in [6, 6.07) is 2.32. The zero-order valence-electron chi connectivity index (χ0n) is 14.5. The summed E-state index contributed by atoms with van der Waals surface area (Å²) in [5.74, 6) is 1.51. The number of aromatic nitrogens is 5. The number of nitrogens with two attached hydrogens (primary N) is 1. The van der Waals surface area contributed by atoms with Gasteiger partial charge in [0.25, 0.3) is 5.56 Å². The number of rotatable bonds is 4. The van der Waals surface area contributed by atoms with Crippen LogP contribution in [0.25, 0.3) is 22.2 Å². The Bertz CT molecular complexity index is 1000. The Hall–Kier alpha value is -2.57. The Kier molecular flexibility index (Phi) is 2.93. The molecule has 3 aromatic heterocycles. The molecule has 0 amide bonds. The molecule has 0 spiro atoms. The summed E-state index contributed by atoms with van der Waals surface area (Å²) in [5, 5.41) is 12.1. The number of aromatic amines is 1. The Morgan fingerprint density at radius 1 is 1.28 bits per heavy atom. The average Bonchev–Trinajstić information content (AvgIpc) is 3.50. The molecule has 0 atom stereocenters. The minimum atomic E-state index is -0.0264. The number of pyridine rings is 1. The maximum Gasteiger partial charge on any atom is 0.264 e. The minimum absolute atomic E-state index is 0.0264. The number of anilines is 1. The van der Waals surface area contributed by atoms with Crippen molar-refractivity contribution in [1.82, 2.24) is 24.5 Å². The highest BCUT2D eigenvalue weighted by molar-refractivity contribution is 5.97. The van der Waals surface area contributed by atoms with Crippen LogP contribution in [0.3, 0.4) is 0 Å². The zero-order chi connectivity index (χ0) is 17.3. The lowest BCUT2D eigenvalue weighted by Crippen LogP contribution is -2.27. The molecule has 0 aromatic carbocycles. The molecule has 0 aliphatic heterocycles. The highest BCUT2D eigenvalue weighted by Gasteiger charge is 2.43. The molecule has 7 heteroatoms. The van der Waals surface area contributed by atoms with E-state index in [2.05, 4.69) is 15.3 Å². The maximum absolute atomic E-state index is 13.2. The standard InChI is InChI=1S/C18H22N6O/c1-9-7-13(22-23(9)2)12-8-24(16(10-3-4-10)11-5-6-11)18(25)14-15(12)20-21-17(14)19/h7-8,10-11,16H,3-6H2,1-2H3,(H3,19,20,21). The van der Waals surface area contributed by atoms with Gasteiger partial charge in [0.15, 0.2) is 5.82 Å². The van der Waals surface area contributed by atoms with Gasteiger partial charge in [-0.25, -0.2) is 0 Å². The molecule has 5 rings (SSSR count). The van der Waals surface area contributed by atoms with Crippen molar-refractivity contribution in [3.63, 3.8) is 0 Å². The lowest BCUT2D eigenvalue weighted by Gasteiger charge is -2.20. The van der Waals surface area contributed by atoms with Crippen molar-refractivity contribution in [3.8, 4) is 11.3 Å². The van der Waals surface area contributed by atoms with Crippen LogP contribution in [0.4, 0.5) is 5.82 Å². The van der Waals surface area contributed by atoms with Gasteiger partial charge >= 0.3 is 0 Å². The van der Waals surface area contributed by atoms with E-state index in [0.29, 0.717) is 22.7 Å². The third-order valence-electron chi connectivity index (χ3n) is 5.70. The normalized spacial score (nSPS) is 17.7. The SMILES string of the molecule is Cc1cc(-c2cn(C(C3CC3)C3CC3)c(=O)c3c(N)n[nH]c23)nn1C. The summed E-state index contributed by atoms with van der Waals surface area (Å²) in [6.07, 6.45) is 6.83. The second kappa shape index (κ2) is 4.97. The largest absolute Gasteiger partial charge is 0.382 e. The molecule has 0 radical (unpaired) electrons. The summed E-state index contributed by atoms with van der Waals surface area (Å²) >= 11 is 0. The number of fused-ring (bicyclic) bond motifs is 1. The summed E-state index contributed by atoms with van der Waals surface area (Å²) in [5.41, 5.74) is 9.49. The smallest absolute Gasteiger partial charge is 0.264 e. The van der Waals surface area contributed by atoms with Gasteiger partial charge in [0, 0.05) is 30.5 Å². The number of H-pyrrole nitrogens is 1. The number of nitrogens with one attached hydrogen (secondary N) is 1. The summed E-state index contributed by atoms with van der Waals surface area (Å²) < 4.78 is 3.78. The Morgan fingerprint density at radius 3 is 2.52 bits per heavy atom. The average molecular weight is 338 g/mol. The molecular weight excluding hydrogens is 316 g/mol. The van der Waals surface area contributed by atoms with E-state index < -0.39 is 0 Å². The number of nitrogen functional groups attached to an aromatic ring is 1. The third-order valence-corrected chi connectivity index (χ3v) is 5.70. The monoisotopic (exact) mass is 338 g/mol. The molecule has 0 saturated heterocycles. The first-order valence-electron chi connectivity index (χ1n) is 8.94. The van der Waals surface area contributed by atoms with Crippen LogP contribution in [0.5, 0.6) is 0 Å². The van der Waals surface area contributed by atoms with Gasteiger partial charge in [-0.05, 0) is 50.5 Å². The molecule has 3 heterocycles. The lowest BCUT2D eigenvalue weighted by atomic mass is 10.0. The van der Waals surface area contributed by atoms with Crippen molar-refractivity contribution in [2.45, 2.75) is 38.6 Å². The maximum atomic E-state index is 13.2. The van der Waals surface area contributed by atoms with E-state index in [1.807, 2.05) is 35.5 Å². The van der Waals surface area contributed by atoms with Crippen LogP contribution in [0.15, 0.2) is 17.1 Å². The van der Waals surface area contributed by atoms with Crippen molar-refractivity contribution in [2.24, 2.45) is 18.9 Å². The van der Waals surface area contributed by atoms with Crippen LogP contribution in [0.2, 0.25) is 0 Å². The third kappa shape index (κ3) is 2.22. The highest BCUT2D eigenvalue weighted by atomic mass is 16.1. The highest BCUT2D eigenvalue weighted by Crippen LogP contribution is 2.52. The molecule has 3 N–H and O–H groups in total. The van der Waals surface area contributed by atoms with E-state index in [-0.39, 0.29) is 17.4 Å². The number of hydrogen-bond donors (Lipinski definition) is 2. The second-order valence-corrected chi connectivity index (χ2v) is 7.57. The van der Waals surface area contributed by atoms with Gasteiger partial charge in [-0.3, -0.25) is 14.6 Å². The van der Waals surface area contributed by atoms with Gasteiger partial charge in [0.05, 0.1) is 11.2 Å². The van der Waals surface area contributed by atoms with Crippen LogP contribution in [0.1, 0.15) is 37.4 Å². The Labute approximate surface area is 144 Å². The van der Waals surface area contributed by atoms with E-state index >= 15 is 0 Å². The summed E-state index contributed by atoms with van der Waals surface area (Å²) in [4.78, 5) is 13.2. The number of hydrogen-bond acceptors (Lipinski definition) is 4. The van der Waals surface area contributed by atoms with Gasteiger partial charge in [-0.1, -0.05) is 0 Å². The fraction of sp³-hybridized carbons (Fsp3) is 0.500. The molecule has 2 aliphatic carbocycles. The summed E-state index contributed by atoms with van der Waals surface area (Å²) in [7, 11) is 1.92. The topological polar surface area (TPSA) is 94.5 Å². The van der Waals surface area contributed by atoms with Crippen molar-refractivity contribution < 1.29 is 0 Å². The van der Waals surface area contributed by atoms with Crippen molar-refractivity contribution in [3.05, 3.63) is 28.3 Å². The molecule has 0 bridgehead atoms. The molecule has 25 heavy (non-hydrogen) atoms. The van der Waals surface area contributed by atoms with Crippen LogP contribution in [0, 0.1) is 18.8 Å². The Morgan fingerprint density at radius 2 is 1.96 bits per heavy atom. The first-order valence-corrected chi connectivity index (χ1v) is 8.94. The number of nitrogens with zero attached hydrogens (tertiary/aromatic N) is 4.